The van der Waals surface area contributed by atoms with Gasteiger partial charge in [0.1, 0.15) is 17.9 Å². The van der Waals surface area contributed by atoms with E-state index in [-0.39, 0.29) is 29.6 Å². The quantitative estimate of drug-likeness (QED) is 0.319. The number of aliphatic imine (C=N–C) groups is 1. The second-order valence-corrected chi connectivity index (χ2v) is 15.0. The highest BCUT2D eigenvalue weighted by Crippen LogP contribution is 2.71. The third-order valence-corrected chi connectivity index (χ3v) is 11.7. The molecule has 13 heteroatoms. The standard InChI is InChI=1S/C29H31ClF4N4O3S/c1-26(2)24(23(14-39)37-12-19(13-37)29(32,33)34)35-25(36-26)27-15-28(16-27,17-27)38(11-18-8-9-21(30)22(31)10-18)42(40,41)20-6-4-3-5-7-20/h3-10,14,19,23-24H,11-13,15-17H2,1-2H3,(H,35,36)/t23?,24-,27?,28?/m0/s1. The van der Waals surface area contributed by atoms with Crippen molar-refractivity contribution >= 4 is 33.7 Å². The molecule has 1 N–H and O–H groups in total. The minimum atomic E-state index is -4.30. The lowest BCUT2D eigenvalue weighted by Crippen LogP contribution is -2.78. The topological polar surface area (TPSA) is 82.1 Å². The summed E-state index contributed by atoms with van der Waals surface area (Å²) in [5, 5.41) is 3.37. The number of nitrogens with one attached hydrogen (secondary N) is 1. The Balaban J connectivity index is 1.24. The Labute approximate surface area is 247 Å². The number of nitrogens with zero attached hydrogens (tertiary/aromatic N) is 3. The molecule has 2 bridgehead atoms. The number of alkyl halides is 3. The van der Waals surface area contributed by atoms with Gasteiger partial charge in [0.15, 0.2) is 0 Å². The van der Waals surface area contributed by atoms with Gasteiger partial charge in [0.05, 0.1) is 33.5 Å². The molecule has 4 fully saturated rings. The van der Waals surface area contributed by atoms with Crippen LogP contribution in [0.4, 0.5) is 17.6 Å². The van der Waals surface area contributed by atoms with E-state index >= 15 is 0 Å². The lowest BCUT2D eigenvalue weighted by molar-refractivity contribution is -0.214. The Morgan fingerprint density at radius 1 is 1.14 bits per heavy atom. The molecule has 3 saturated carbocycles. The predicted octanol–water partition coefficient (Wildman–Crippen LogP) is 4.80. The number of likely N-dealkylation sites (tertiary alicyclic amines) is 1. The van der Waals surface area contributed by atoms with Crippen molar-refractivity contribution in [2.24, 2.45) is 16.3 Å². The van der Waals surface area contributed by atoms with E-state index in [0.717, 1.165) is 0 Å². The molecule has 0 spiro atoms. The van der Waals surface area contributed by atoms with E-state index in [0.29, 0.717) is 36.9 Å². The third kappa shape index (κ3) is 4.65. The average molecular weight is 627 g/mol. The van der Waals surface area contributed by atoms with Gasteiger partial charge in [0.25, 0.3) is 0 Å². The summed E-state index contributed by atoms with van der Waals surface area (Å²) in [7, 11) is -3.96. The van der Waals surface area contributed by atoms with Crippen molar-refractivity contribution in [1.29, 1.82) is 0 Å². The second-order valence-electron chi connectivity index (χ2n) is 12.7. The van der Waals surface area contributed by atoms with E-state index < -0.39 is 56.5 Å². The van der Waals surface area contributed by atoms with Crippen LogP contribution in [0.25, 0.3) is 0 Å². The van der Waals surface area contributed by atoms with Crippen molar-refractivity contribution in [3.8, 4) is 0 Å². The molecule has 1 unspecified atom stereocenters. The van der Waals surface area contributed by atoms with Crippen LogP contribution in [0.3, 0.4) is 0 Å². The molecule has 2 atom stereocenters. The van der Waals surface area contributed by atoms with Gasteiger partial charge < -0.3 is 10.1 Å². The number of halogens is 5. The summed E-state index contributed by atoms with van der Waals surface area (Å²) in [6.07, 6.45) is -2.20. The van der Waals surface area contributed by atoms with Gasteiger partial charge in [0.2, 0.25) is 10.0 Å². The summed E-state index contributed by atoms with van der Waals surface area (Å²) >= 11 is 5.86. The predicted molar refractivity (Wildman–Crippen MR) is 149 cm³/mol. The second kappa shape index (κ2) is 9.73. The lowest BCUT2D eigenvalue weighted by atomic mass is 9.38. The number of aldehydes is 1. The lowest BCUT2D eigenvalue weighted by Gasteiger charge is -2.73. The maximum atomic E-state index is 14.3. The van der Waals surface area contributed by atoms with E-state index in [9.17, 15) is 30.8 Å². The van der Waals surface area contributed by atoms with E-state index in [1.54, 1.807) is 24.3 Å². The number of carbonyl (C=O) groups excluding carboxylic acids is 1. The van der Waals surface area contributed by atoms with Crippen LogP contribution < -0.4 is 5.32 Å². The number of amidine groups is 1. The fourth-order valence-electron chi connectivity index (χ4n) is 7.09. The van der Waals surface area contributed by atoms with Gasteiger partial charge in [0, 0.05) is 30.6 Å². The van der Waals surface area contributed by atoms with E-state index in [4.69, 9.17) is 16.6 Å². The van der Waals surface area contributed by atoms with Crippen molar-refractivity contribution < 1.29 is 30.8 Å². The summed E-state index contributed by atoms with van der Waals surface area (Å²) in [6.45, 7) is 3.21. The molecule has 5 aliphatic rings. The molecule has 0 aromatic heterocycles. The van der Waals surface area contributed by atoms with Crippen LogP contribution in [-0.2, 0) is 21.4 Å². The van der Waals surface area contributed by atoms with Crippen LogP contribution in [0.2, 0.25) is 5.02 Å². The zero-order valence-electron chi connectivity index (χ0n) is 23.0. The van der Waals surface area contributed by atoms with Crippen LogP contribution in [0, 0.1) is 17.2 Å². The largest absolute Gasteiger partial charge is 0.394 e. The van der Waals surface area contributed by atoms with Crippen molar-refractivity contribution in [1.82, 2.24) is 14.5 Å². The fourth-order valence-corrected chi connectivity index (χ4v) is 8.98. The Hall–Kier alpha value is -2.54. The van der Waals surface area contributed by atoms with Gasteiger partial charge in [-0.05, 0) is 62.9 Å². The van der Waals surface area contributed by atoms with Crippen molar-refractivity contribution in [2.75, 3.05) is 13.1 Å². The van der Waals surface area contributed by atoms with Gasteiger partial charge >= 0.3 is 6.18 Å². The maximum Gasteiger partial charge on any atom is 0.394 e. The third-order valence-electron chi connectivity index (χ3n) is 9.38. The minimum Gasteiger partial charge on any atom is -0.366 e. The highest BCUT2D eigenvalue weighted by Gasteiger charge is 2.75. The molecule has 2 heterocycles. The average Bonchev–Trinajstić information content (AvgIpc) is 3.15. The van der Waals surface area contributed by atoms with E-state index in [2.05, 4.69) is 5.32 Å². The molecule has 2 aliphatic heterocycles. The normalized spacial score (nSPS) is 29.6. The first-order valence-corrected chi connectivity index (χ1v) is 15.6. The first kappa shape index (κ1) is 29.5. The van der Waals surface area contributed by atoms with Crippen LogP contribution in [0.1, 0.15) is 38.7 Å². The van der Waals surface area contributed by atoms with Crippen LogP contribution in [0.15, 0.2) is 58.4 Å². The van der Waals surface area contributed by atoms with Gasteiger partial charge in [-0.1, -0.05) is 35.9 Å². The maximum absolute atomic E-state index is 14.3. The molecule has 0 amide bonds. The minimum absolute atomic E-state index is 0.0437. The molecule has 1 saturated heterocycles. The van der Waals surface area contributed by atoms with Crippen molar-refractivity contribution in [2.45, 2.75) is 73.9 Å². The molecule has 226 valence electrons. The van der Waals surface area contributed by atoms with Crippen LogP contribution in [0.5, 0.6) is 0 Å². The molecule has 0 radical (unpaired) electrons. The Morgan fingerprint density at radius 2 is 1.79 bits per heavy atom. The van der Waals surface area contributed by atoms with Crippen molar-refractivity contribution in [3.63, 3.8) is 0 Å². The molecule has 7 nitrogen and oxygen atoms in total. The fraction of sp³-hybridized carbons (Fsp3) is 0.517. The zero-order valence-corrected chi connectivity index (χ0v) is 24.6. The van der Waals surface area contributed by atoms with Gasteiger partial charge in [-0.2, -0.15) is 17.5 Å². The number of benzene rings is 2. The van der Waals surface area contributed by atoms with Gasteiger partial charge in [-0.15, -0.1) is 0 Å². The number of hydrogen-bond acceptors (Lipinski definition) is 6. The molecular formula is C29H31ClF4N4O3S. The summed E-state index contributed by atoms with van der Waals surface area (Å²) in [4.78, 5) is 18.6. The van der Waals surface area contributed by atoms with E-state index in [1.807, 2.05) is 13.8 Å². The molecule has 42 heavy (non-hydrogen) atoms. The Morgan fingerprint density at radius 3 is 2.36 bits per heavy atom. The molecule has 2 aromatic carbocycles. The highest BCUT2D eigenvalue weighted by molar-refractivity contribution is 7.89. The zero-order chi connectivity index (χ0) is 30.3. The number of hydrogen-bond donors (Lipinski definition) is 1. The first-order chi connectivity index (χ1) is 19.6. The Bertz CT molecular complexity index is 1520. The summed E-state index contributed by atoms with van der Waals surface area (Å²) in [6, 6.07) is 10.9. The summed E-state index contributed by atoms with van der Waals surface area (Å²) in [5.41, 5.74) is -1.37. The van der Waals surface area contributed by atoms with Gasteiger partial charge in [-0.25, -0.2) is 12.8 Å². The molecule has 7 rings (SSSR count). The van der Waals surface area contributed by atoms with Crippen molar-refractivity contribution in [3.05, 3.63) is 64.9 Å². The SMILES string of the molecule is CC1(C)NC(C23CC(N(Cc4ccc(Cl)c(F)c4)S(=O)(=O)c4ccccc4)(C2)C3)=N[C@H]1C(C=O)N1CC(C(F)(F)F)C1. The molecule has 3 aliphatic carbocycles. The van der Waals surface area contributed by atoms with E-state index in [1.165, 1.54) is 33.5 Å². The monoisotopic (exact) mass is 626 g/mol. The highest BCUT2D eigenvalue weighted by atomic mass is 35.5. The molecular weight excluding hydrogens is 596 g/mol. The number of carbonyl (C=O) groups is 1. The number of rotatable bonds is 9. The summed E-state index contributed by atoms with van der Waals surface area (Å²) < 4.78 is 82.8. The van der Waals surface area contributed by atoms with Crippen LogP contribution in [-0.4, -0.2) is 72.2 Å². The van der Waals surface area contributed by atoms with Crippen LogP contribution >= 0.6 is 11.6 Å². The number of sulfonamides is 1. The smallest absolute Gasteiger partial charge is 0.366 e. The van der Waals surface area contributed by atoms with Gasteiger partial charge in [-0.3, -0.25) is 9.89 Å². The molecule has 2 aromatic rings. The first-order valence-electron chi connectivity index (χ1n) is 13.7. The summed E-state index contributed by atoms with van der Waals surface area (Å²) in [5.74, 6) is -1.43. The Kier molecular flexibility index (Phi) is 6.84.